The van der Waals surface area contributed by atoms with E-state index in [2.05, 4.69) is 17.1 Å². The van der Waals surface area contributed by atoms with Crippen LogP contribution in [-0.2, 0) is 4.79 Å². The molecule has 0 amide bonds. The fourth-order valence-electron chi connectivity index (χ4n) is 3.82. The lowest BCUT2D eigenvalue weighted by Crippen LogP contribution is -2.52. The molecule has 1 aliphatic carbocycles. The van der Waals surface area contributed by atoms with Crippen molar-refractivity contribution in [2.24, 2.45) is 5.92 Å². The van der Waals surface area contributed by atoms with E-state index in [0.29, 0.717) is 6.42 Å². The Morgan fingerprint density at radius 1 is 1.35 bits per heavy atom. The van der Waals surface area contributed by atoms with E-state index in [1.54, 1.807) is 0 Å². The zero-order valence-corrected chi connectivity index (χ0v) is 13.0. The third-order valence-electron chi connectivity index (χ3n) is 5.26. The summed E-state index contributed by atoms with van der Waals surface area (Å²) in [6.07, 6.45) is 8.42. The molecule has 2 N–H and O–H groups in total. The number of nitrogens with one attached hydrogen (secondary N) is 1. The van der Waals surface area contributed by atoms with Crippen molar-refractivity contribution in [3.8, 4) is 0 Å². The first-order valence-corrected chi connectivity index (χ1v) is 8.29. The summed E-state index contributed by atoms with van der Waals surface area (Å²) in [7, 11) is 0. The molecular formula is C16H30N2O2. The van der Waals surface area contributed by atoms with Gasteiger partial charge in [-0.2, -0.15) is 0 Å². The van der Waals surface area contributed by atoms with Gasteiger partial charge in [-0.25, -0.2) is 0 Å². The summed E-state index contributed by atoms with van der Waals surface area (Å²) in [5, 5.41) is 12.7. The van der Waals surface area contributed by atoms with E-state index in [1.165, 1.54) is 38.6 Å². The smallest absolute Gasteiger partial charge is 0.323 e. The van der Waals surface area contributed by atoms with Crippen LogP contribution >= 0.6 is 0 Å². The Hall–Kier alpha value is -0.610. The largest absolute Gasteiger partial charge is 0.480 e. The lowest BCUT2D eigenvalue weighted by atomic mass is 9.85. The maximum absolute atomic E-state index is 11.5. The Balaban J connectivity index is 1.87. The average molecular weight is 282 g/mol. The van der Waals surface area contributed by atoms with Gasteiger partial charge in [-0.05, 0) is 58.0 Å². The number of carboxylic acid groups (broad SMARTS) is 1. The van der Waals surface area contributed by atoms with Gasteiger partial charge in [0.1, 0.15) is 5.54 Å². The highest BCUT2D eigenvalue weighted by Gasteiger charge is 2.38. The van der Waals surface area contributed by atoms with Gasteiger partial charge in [0.05, 0.1) is 0 Å². The number of nitrogens with zero attached hydrogens (tertiary/aromatic N) is 1. The van der Waals surface area contributed by atoms with E-state index >= 15 is 0 Å². The second-order valence-corrected chi connectivity index (χ2v) is 6.75. The summed E-state index contributed by atoms with van der Waals surface area (Å²) in [5.41, 5.74) is -0.775. The van der Waals surface area contributed by atoms with E-state index in [9.17, 15) is 9.90 Å². The van der Waals surface area contributed by atoms with Crippen molar-refractivity contribution >= 4 is 5.97 Å². The van der Waals surface area contributed by atoms with Crippen LogP contribution in [0.25, 0.3) is 0 Å². The molecule has 2 rings (SSSR count). The average Bonchev–Trinajstić information content (AvgIpc) is 2.86. The van der Waals surface area contributed by atoms with Crippen LogP contribution in [0.4, 0.5) is 0 Å². The summed E-state index contributed by atoms with van der Waals surface area (Å²) < 4.78 is 0. The second-order valence-electron chi connectivity index (χ2n) is 6.75. The lowest BCUT2D eigenvalue weighted by Gasteiger charge is -2.34. The number of aliphatic carboxylic acids is 1. The van der Waals surface area contributed by atoms with Gasteiger partial charge < -0.3 is 15.3 Å². The first-order chi connectivity index (χ1) is 9.57. The molecule has 3 atom stereocenters. The molecule has 1 saturated heterocycles. The van der Waals surface area contributed by atoms with Gasteiger partial charge in [-0.3, -0.25) is 4.79 Å². The van der Waals surface area contributed by atoms with Crippen LogP contribution < -0.4 is 5.32 Å². The Morgan fingerprint density at radius 3 is 2.80 bits per heavy atom. The lowest BCUT2D eigenvalue weighted by molar-refractivity contribution is -0.144. The molecule has 1 aliphatic heterocycles. The molecular weight excluding hydrogens is 252 g/mol. The quantitative estimate of drug-likeness (QED) is 0.753. The van der Waals surface area contributed by atoms with E-state index in [4.69, 9.17) is 0 Å². The molecule has 3 unspecified atom stereocenters. The third kappa shape index (κ3) is 3.53. The van der Waals surface area contributed by atoms with Crippen molar-refractivity contribution in [1.82, 2.24) is 10.2 Å². The number of rotatable bonds is 7. The van der Waals surface area contributed by atoms with Crippen molar-refractivity contribution in [1.29, 1.82) is 0 Å². The molecule has 2 aliphatic rings. The van der Waals surface area contributed by atoms with Crippen LogP contribution in [0.2, 0.25) is 0 Å². The summed E-state index contributed by atoms with van der Waals surface area (Å²) in [6.45, 7) is 6.76. The topological polar surface area (TPSA) is 52.6 Å². The van der Waals surface area contributed by atoms with Crippen LogP contribution in [0.1, 0.15) is 58.8 Å². The molecule has 0 aromatic carbocycles. The van der Waals surface area contributed by atoms with Crippen molar-refractivity contribution in [3.63, 3.8) is 0 Å². The molecule has 4 heteroatoms. The van der Waals surface area contributed by atoms with E-state index in [-0.39, 0.29) is 0 Å². The molecule has 1 saturated carbocycles. The first-order valence-electron chi connectivity index (χ1n) is 8.29. The van der Waals surface area contributed by atoms with Crippen molar-refractivity contribution in [3.05, 3.63) is 0 Å². The Bertz CT molecular complexity index is 334. The zero-order valence-electron chi connectivity index (χ0n) is 13.0. The molecule has 0 radical (unpaired) electrons. The van der Waals surface area contributed by atoms with Gasteiger partial charge in [-0.1, -0.05) is 19.8 Å². The highest BCUT2D eigenvalue weighted by molar-refractivity contribution is 5.78. The number of carbonyl (C=O) groups is 1. The second kappa shape index (κ2) is 6.90. The van der Waals surface area contributed by atoms with Gasteiger partial charge >= 0.3 is 5.97 Å². The highest BCUT2D eigenvalue weighted by atomic mass is 16.4. The molecule has 0 aromatic rings. The molecule has 0 spiro atoms. The number of fused-ring (bicyclic) bond motifs is 1. The molecule has 20 heavy (non-hydrogen) atoms. The Morgan fingerprint density at radius 2 is 2.10 bits per heavy atom. The van der Waals surface area contributed by atoms with Crippen LogP contribution in [-0.4, -0.2) is 47.2 Å². The zero-order chi connectivity index (χ0) is 14.6. The van der Waals surface area contributed by atoms with Crippen molar-refractivity contribution < 1.29 is 9.90 Å². The number of hydrogen-bond donors (Lipinski definition) is 2. The Kier molecular flexibility index (Phi) is 5.44. The summed E-state index contributed by atoms with van der Waals surface area (Å²) in [5.74, 6) is 0.161. The fourth-order valence-corrected chi connectivity index (χ4v) is 3.82. The highest BCUT2D eigenvalue weighted by Crippen LogP contribution is 2.36. The normalized spacial score (nSPS) is 29.9. The number of carboxylic acids is 1. The minimum Gasteiger partial charge on any atom is -0.480 e. The molecule has 2 fully saturated rings. The monoisotopic (exact) mass is 282 g/mol. The van der Waals surface area contributed by atoms with Gasteiger partial charge in [0.2, 0.25) is 0 Å². The minimum absolute atomic E-state index is 0.700. The van der Waals surface area contributed by atoms with E-state index in [1.807, 2.05) is 6.92 Å². The minimum atomic E-state index is -0.775. The summed E-state index contributed by atoms with van der Waals surface area (Å²) in [4.78, 5) is 14.1. The van der Waals surface area contributed by atoms with Crippen LogP contribution in [0.5, 0.6) is 0 Å². The number of hydrogen-bond acceptors (Lipinski definition) is 3. The maximum Gasteiger partial charge on any atom is 0.323 e. The summed E-state index contributed by atoms with van der Waals surface area (Å²) in [6, 6.07) is 0.730. The number of likely N-dealkylation sites (tertiary alicyclic amines) is 1. The molecule has 1 heterocycles. The van der Waals surface area contributed by atoms with Crippen LogP contribution in [0.15, 0.2) is 0 Å². The van der Waals surface area contributed by atoms with Crippen molar-refractivity contribution in [2.75, 3.05) is 19.6 Å². The predicted molar refractivity (Wildman–Crippen MR) is 80.9 cm³/mol. The molecule has 0 bridgehead atoms. The Labute approximate surface area is 122 Å². The van der Waals surface area contributed by atoms with Gasteiger partial charge in [0.15, 0.2) is 0 Å². The molecule has 116 valence electrons. The summed E-state index contributed by atoms with van der Waals surface area (Å²) >= 11 is 0. The van der Waals surface area contributed by atoms with Crippen LogP contribution in [0.3, 0.4) is 0 Å². The molecule has 0 aromatic heterocycles. The van der Waals surface area contributed by atoms with Gasteiger partial charge in [-0.15, -0.1) is 0 Å². The van der Waals surface area contributed by atoms with E-state index < -0.39 is 11.5 Å². The van der Waals surface area contributed by atoms with Crippen molar-refractivity contribution in [2.45, 2.75) is 70.4 Å². The first kappa shape index (κ1) is 15.8. The standard InChI is InChI=1S/C16H30N2O2/c1-3-10-17-16(2,15(19)20)9-12-18-11-8-13-6-4-5-7-14(13)18/h13-14,17H,3-12H2,1-2H3,(H,19,20). The molecule has 4 nitrogen and oxygen atoms in total. The van der Waals surface area contributed by atoms with Crippen LogP contribution in [0, 0.1) is 5.92 Å². The predicted octanol–water partition coefficient (Wildman–Crippen LogP) is 2.48. The third-order valence-corrected chi connectivity index (χ3v) is 5.26. The van der Waals surface area contributed by atoms with Gasteiger partial charge in [0, 0.05) is 12.6 Å². The van der Waals surface area contributed by atoms with Gasteiger partial charge in [0.25, 0.3) is 0 Å². The maximum atomic E-state index is 11.5. The van der Waals surface area contributed by atoms with E-state index in [0.717, 1.165) is 31.5 Å². The fraction of sp³-hybridized carbons (Fsp3) is 0.938. The SMILES string of the molecule is CCCNC(C)(CCN1CCC2CCCCC21)C(=O)O.